The number of aliphatic hydroxyl groups is 1. The fraction of sp³-hybridized carbons (Fsp3) is 0.385. The van der Waals surface area contributed by atoms with Crippen LogP contribution >= 0.6 is 11.8 Å². The summed E-state index contributed by atoms with van der Waals surface area (Å²) in [5.74, 6) is 0.427. The predicted octanol–water partition coefficient (Wildman–Crippen LogP) is 0.907. The molecule has 0 aromatic heterocycles. The number of thioether (sulfide) groups is 1. The van der Waals surface area contributed by atoms with Crippen LogP contribution in [0.5, 0.6) is 0 Å². The molecule has 7 heteroatoms. The minimum Gasteiger partial charge on any atom is -0.392 e. The van der Waals surface area contributed by atoms with E-state index in [0.29, 0.717) is 12.1 Å². The first-order valence-corrected chi connectivity index (χ1v) is 7.51. The third-order valence-corrected chi connectivity index (χ3v) is 3.29. The Morgan fingerprint density at radius 1 is 1.35 bits per heavy atom. The fourth-order valence-corrected chi connectivity index (χ4v) is 2.07. The Bertz CT molecular complexity index is 451. The number of primary amides is 1. The quantitative estimate of drug-likeness (QED) is 0.600. The molecule has 1 unspecified atom stereocenters. The molecule has 0 radical (unpaired) electrons. The Labute approximate surface area is 122 Å². The topological polar surface area (TPSA) is 104 Å². The van der Waals surface area contributed by atoms with Gasteiger partial charge in [0.1, 0.15) is 6.04 Å². The van der Waals surface area contributed by atoms with E-state index in [-0.39, 0.29) is 12.5 Å². The lowest BCUT2D eigenvalue weighted by atomic mass is 10.2. The summed E-state index contributed by atoms with van der Waals surface area (Å²) < 4.78 is 0. The molecule has 110 valence electrons. The van der Waals surface area contributed by atoms with Gasteiger partial charge >= 0.3 is 6.03 Å². The van der Waals surface area contributed by atoms with Crippen LogP contribution in [-0.2, 0) is 11.4 Å². The molecule has 0 aliphatic rings. The number of carbonyl (C=O) groups excluding carboxylic acids is 2. The maximum Gasteiger partial charge on any atom is 0.312 e. The van der Waals surface area contributed by atoms with Crippen LogP contribution in [0.15, 0.2) is 24.3 Å². The first-order valence-electron chi connectivity index (χ1n) is 6.12. The second-order valence-electron chi connectivity index (χ2n) is 4.19. The molecule has 1 atom stereocenters. The van der Waals surface area contributed by atoms with Crippen molar-refractivity contribution in [3.05, 3.63) is 29.8 Å². The Morgan fingerprint density at radius 3 is 2.50 bits per heavy atom. The molecule has 20 heavy (non-hydrogen) atoms. The van der Waals surface area contributed by atoms with Crippen LogP contribution in [0.1, 0.15) is 12.0 Å². The monoisotopic (exact) mass is 297 g/mol. The van der Waals surface area contributed by atoms with Crippen LogP contribution in [0.25, 0.3) is 0 Å². The molecule has 0 bridgehead atoms. The van der Waals surface area contributed by atoms with E-state index < -0.39 is 12.1 Å². The molecule has 0 fully saturated rings. The molecule has 5 N–H and O–H groups in total. The van der Waals surface area contributed by atoms with Gasteiger partial charge in [-0.3, -0.25) is 4.79 Å². The van der Waals surface area contributed by atoms with Crippen molar-refractivity contribution in [1.82, 2.24) is 5.32 Å². The van der Waals surface area contributed by atoms with E-state index in [1.807, 2.05) is 6.26 Å². The fourth-order valence-electron chi connectivity index (χ4n) is 1.60. The molecular formula is C13H19N3O3S. The average molecular weight is 297 g/mol. The zero-order valence-corrected chi connectivity index (χ0v) is 12.1. The van der Waals surface area contributed by atoms with Gasteiger partial charge in [0.15, 0.2) is 0 Å². The lowest BCUT2D eigenvalue weighted by Gasteiger charge is -2.17. The number of aliphatic hydroxyl groups excluding tert-OH is 1. The van der Waals surface area contributed by atoms with Gasteiger partial charge in [-0.05, 0) is 36.1 Å². The molecular weight excluding hydrogens is 278 g/mol. The van der Waals surface area contributed by atoms with E-state index >= 15 is 0 Å². The maximum atomic E-state index is 12.1. The van der Waals surface area contributed by atoms with Gasteiger partial charge in [0.2, 0.25) is 5.91 Å². The normalized spacial score (nSPS) is 11.7. The number of carbonyl (C=O) groups is 2. The first-order chi connectivity index (χ1) is 9.56. The molecule has 3 amide bonds. The van der Waals surface area contributed by atoms with Gasteiger partial charge in [0.05, 0.1) is 6.61 Å². The van der Waals surface area contributed by atoms with E-state index in [4.69, 9.17) is 10.8 Å². The standard InChI is InChI=1S/C13H19N3O3S/c1-20-7-6-11(16-13(14)19)12(18)15-10-4-2-9(8-17)3-5-10/h2-5,11,17H,6-8H2,1H3,(H,15,18)(H3,14,16,19). The summed E-state index contributed by atoms with van der Waals surface area (Å²) in [6.07, 6.45) is 2.43. The van der Waals surface area contributed by atoms with Gasteiger partial charge < -0.3 is 21.5 Å². The Hall–Kier alpha value is -1.73. The van der Waals surface area contributed by atoms with Gasteiger partial charge in [-0.25, -0.2) is 4.79 Å². The molecule has 0 aliphatic heterocycles. The van der Waals surface area contributed by atoms with E-state index in [0.717, 1.165) is 11.3 Å². The van der Waals surface area contributed by atoms with Crippen molar-refractivity contribution in [2.24, 2.45) is 5.73 Å². The molecule has 1 aromatic rings. The van der Waals surface area contributed by atoms with Crippen molar-refractivity contribution in [2.75, 3.05) is 17.3 Å². The largest absolute Gasteiger partial charge is 0.392 e. The van der Waals surface area contributed by atoms with Crippen molar-refractivity contribution in [2.45, 2.75) is 19.1 Å². The molecule has 1 aromatic carbocycles. The third-order valence-electron chi connectivity index (χ3n) is 2.65. The zero-order valence-electron chi connectivity index (χ0n) is 11.3. The number of nitrogens with one attached hydrogen (secondary N) is 2. The van der Waals surface area contributed by atoms with E-state index in [2.05, 4.69) is 10.6 Å². The molecule has 0 spiro atoms. The summed E-state index contributed by atoms with van der Waals surface area (Å²) in [6.45, 7) is -0.0478. The highest BCUT2D eigenvalue weighted by atomic mass is 32.2. The van der Waals surface area contributed by atoms with Gasteiger partial charge in [0.25, 0.3) is 0 Å². The summed E-state index contributed by atoms with van der Waals surface area (Å²) in [5.41, 5.74) is 6.44. The van der Waals surface area contributed by atoms with Gasteiger partial charge in [0, 0.05) is 5.69 Å². The highest BCUT2D eigenvalue weighted by Gasteiger charge is 2.19. The highest BCUT2D eigenvalue weighted by Crippen LogP contribution is 2.11. The lowest BCUT2D eigenvalue weighted by Crippen LogP contribution is -2.46. The highest BCUT2D eigenvalue weighted by molar-refractivity contribution is 7.98. The number of rotatable bonds is 7. The zero-order chi connectivity index (χ0) is 15.0. The van der Waals surface area contributed by atoms with Crippen molar-refractivity contribution < 1.29 is 14.7 Å². The summed E-state index contributed by atoms with van der Waals surface area (Å²) in [4.78, 5) is 23.0. The molecule has 0 saturated carbocycles. The molecule has 0 saturated heterocycles. The van der Waals surface area contributed by atoms with E-state index in [1.165, 1.54) is 0 Å². The van der Waals surface area contributed by atoms with Gasteiger partial charge in [-0.15, -0.1) is 0 Å². The Kier molecular flexibility index (Phi) is 6.89. The SMILES string of the molecule is CSCCC(NC(N)=O)C(=O)Nc1ccc(CO)cc1. The average Bonchev–Trinajstić information content (AvgIpc) is 2.43. The van der Waals surface area contributed by atoms with Crippen molar-refractivity contribution in [3.63, 3.8) is 0 Å². The van der Waals surface area contributed by atoms with Gasteiger partial charge in [-0.2, -0.15) is 11.8 Å². The lowest BCUT2D eigenvalue weighted by molar-refractivity contribution is -0.117. The minimum atomic E-state index is -0.720. The Balaban J connectivity index is 2.65. The third kappa shape index (κ3) is 5.50. The van der Waals surface area contributed by atoms with Crippen LogP contribution in [-0.4, -0.2) is 35.1 Å². The second-order valence-corrected chi connectivity index (χ2v) is 5.17. The summed E-state index contributed by atoms with van der Waals surface area (Å²) >= 11 is 1.59. The number of amides is 3. The second kappa shape index (κ2) is 8.44. The van der Waals surface area contributed by atoms with Crippen LogP contribution in [0.3, 0.4) is 0 Å². The number of nitrogens with two attached hydrogens (primary N) is 1. The van der Waals surface area contributed by atoms with Crippen LogP contribution in [0.4, 0.5) is 10.5 Å². The molecule has 1 rings (SSSR count). The predicted molar refractivity (Wildman–Crippen MR) is 80.5 cm³/mol. The smallest absolute Gasteiger partial charge is 0.312 e. The maximum absolute atomic E-state index is 12.1. The van der Waals surface area contributed by atoms with Gasteiger partial charge in [-0.1, -0.05) is 12.1 Å². The first kappa shape index (κ1) is 16.3. The van der Waals surface area contributed by atoms with Crippen LogP contribution in [0.2, 0.25) is 0 Å². The van der Waals surface area contributed by atoms with Crippen LogP contribution < -0.4 is 16.4 Å². The number of anilines is 1. The number of benzene rings is 1. The van der Waals surface area contributed by atoms with E-state index in [1.54, 1.807) is 36.0 Å². The summed E-state index contributed by atoms with van der Waals surface area (Å²) in [6, 6.07) is 5.44. The van der Waals surface area contributed by atoms with Crippen molar-refractivity contribution >= 4 is 29.4 Å². The van der Waals surface area contributed by atoms with Crippen molar-refractivity contribution in [1.29, 1.82) is 0 Å². The number of hydrogen-bond donors (Lipinski definition) is 4. The number of urea groups is 1. The minimum absolute atomic E-state index is 0.0478. The molecule has 0 heterocycles. The summed E-state index contributed by atoms with van der Waals surface area (Å²) in [7, 11) is 0. The van der Waals surface area contributed by atoms with Crippen LogP contribution in [0, 0.1) is 0 Å². The molecule has 0 aliphatic carbocycles. The Morgan fingerprint density at radius 2 is 2.00 bits per heavy atom. The number of hydrogen-bond acceptors (Lipinski definition) is 4. The van der Waals surface area contributed by atoms with E-state index in [9.17, 15) is 9.59 Å². The van der Waals surface area contributed by atoms with Crippen molar-refractivity contribution in [3.8, 4) is 0 Å². The summed E-state index contributed by atoms with van der Waals surface area (Å²) in [5, 5.41) is 14.1. The molecule has 6 nitrogen and oxygen atoms in total.